The van der Waals surface area contributed by atoms with E-state index in [-0.39, 0.29) is 66.1 Å². The lowest BCUT2D eigenvalue weighted by Gasteiger charge is -2.29. The van der Waals surface area contributed by atoms with E-state index in [1.165, 1.54) is 18.2 Å². The van der Waals surface area contributed by atoms with Crippen LogP contribution in [-0.2, 0) is 19.2 Å². The largest absolute Gasteiger partial charge is 0.483 e. The maximum Gasteiger partial charge on any atom is 0.266 e. The van der Waals surface area contributed by atoms with Gasteiger partial charge in [-0.15, -0.1) is 0 Å². The van der Waals surface area contributed by atoms with Crippen molar-refractivity contribution in [2.45, 2.75) is 101 Å². The number of fused-ring (bicyclic) bond motifs is 2. The number of nitrogens with one attached hydrogen (secondary N) is 3. The van der Waals surface area contributed by atoms with Gasteiger partial charge in [-0.25, -0.2) is 8.78 Å². The summed E-state index contributed by atoms with van der Waals surface area (Å²) in [6, 6.07) is 16.6. The molecule has 1 aromatic heterocycles. The van der Waals surface area contributed by atoms with Crippen molar-refractivity contribution in [3.63, 3.8) is 0 Å². The predicted octanol–water partition coefficient (Wildman–Crippen LogP) is 6.96. The number of alkyl halides is 2. The average Bonchev–Trinajstić information content (AvgIpc) is 3.73. The van der Waals surface area contributed by atoms with Crippen LogP contribution >= 0.6 is 12.2 Å². The number of carbonyl (C=O) groups excluding carboxylic acids is 6. The van der Waals surface area contributed by atoms with Crippen LogP contribution in [-0.4, -0.2) is 75.0 Å². The molecule has 5 N–H and O–H groups in total. The zero-order valence-corrected chi connectivity index (χ0v) is 34.4. The number of ether oxygens (including phenoxy) is 1. The van der Waals surface area contributed by atoms with Crippen LogP contribution in [0.5, 0.6) is 5.75 Å². The van der Waals surface area contributed by atoms with Crippen LogP contribution in [0.2, 0.25) is 0 Å². The van der Waals surface area contributed by atoms with Gasteiger partial charge in [0.15, 0.2) is 6.61 Å². The summed E-state index contributed by atoms with van der Waals surface area (Å²) in [5.74, 6) is -5.64. The van der Waals surface area contributed by atoms with E-state index in [4.69, 9.17) is 22.7 Å². The number of halogens is 2. The fourth-order valence-electron chi connectivity index (χ4n) is 8.37. The number of aromatic nitrogens is 1. The van der Waals surface area contributed by atoms with Gasteiger partial charge >= 0.3 is 0 Å². The third-order valence-corrected chi connectivity index (χ3v) is 11.8. The third kappa shape index (κ3) is 9.96. The van der Waals surface area contributed by atoms with Crippen molar-refractivity contribution in [3.8, 4) is 16.9 Å². The minimum Gasteiger partial charge on any atom is -0.483 e. The molecule has 0 bridgehead atoms. The molecule has 3 heterocycles. The predicted molar refractivity (Wildman–Crippen MR) is 228 cm³/mol. The maximum absolute atomic E-state index is 14.1. The number of rotatable bonds is 17. The Bertz CT molecular complexity index is 2390. The molecule has 320 valence electrons. The Labute approximate surface area is 356 Å². The van der Waals surface area contributed by atoms with Gasteiger partial charge in [-0.1, -0.05) is 68.2 Å². The average molecular weight is 855 g/mol. The first kappa shape index (κ1) is 43.1. The number of nitrogens with two attached hydrogens (primary N) is 1. The number of amides is 6. The number of nitrogens with zero attached hydrogens (tertiary/aromatic N) is 2. The first-order valence-electron chi connectivity index (χ1n) is 20.8. The lowest BCUT2D eigenvalue weighted by Crippen LogP contribution is -2.54. The highest BCUT2D eigenvalue weighted by Gasteiger charge is 2.46. The Hall–Kier alpha value is -6.03. The molecular formula is C45H48F2N6O7S. The van der Waals surface area contributed by atoms with Gasteiger partial charge in [-0.2, -0.15) is 0 Å². The summed E-state index contributed by atoms with van der Waals surface area (Å²) in [6.07, 6.45) is 7.79. The number of piperidine rings is 1. The smallest absolute Gasteiger partial charge is 0.266 e. The molecule has 2 fully saturated rings. The van der Waals surface area contributed by atoms with Crippen LogP contribution < -0.4 is 26.4 Å². The highest BCUT2D eigenvalue weighted by molar-refractivity contribution is 7.80. The molecule has 16 heteroatoms. The summed E-state index contributed by atoms with van der Waals surface area (Å²) in [7, 11) is 0. The molecule has 1 aliphatic carbocycles. The number of anilines is 1. The highest BCUT2D eigenvalue weighted by atomic mass is 32.1. The number of hydrogen-bond acceptors (Lipinski definition) is 8. The zero-order valence-electron chi connectivity index (χ0n) is 33.6. The van der Waals surface area contributed by atoms with Crippen LogP contribution in [0.25, 0.3) is 22.0 Å². The summed E-state index contributed by atoms with van der Waals surface area (Å²) in [6.45, 7) is 0.0517. The van der Waals surface area contributed by atoms with E-state index in [0.29, 0.717) is 37.9 Å². The molecule has 1 saturated carbocycles. The Morgan fingerprint density at radius 1 is 0.869 bits per heavy atom. The molecular weight excluding hydrogens is 807 g/mol. The maximum atomic E-state index is 14.1. The van der Waals surface area contributed by atoms with Crippen molar-refractivity contribution in [1.29, 1.82) is 0 Å². The van der Waals surface area contributed by atoms with Crippen molar-refractivity contribution in [2.75, 3.05) is 18.5 Å². The molecule has 2 aliphatic heterocycles. The van der Waals surface area contributed by atoms with E-state index in [9.17, 15) is 37.5 Å². The Kier molecular flexibility index (Phi) is 13.2. The zero-order chi connectivity index (χ0) is 43.3. The second kappa shape index (κ2) is 18.7. The second-order valence-electron chi connectivity index (χ2n) is 15.9. The van der Waals surface area contributed by atoms with Gasteiger partial charge < -0.3 is 25.7 Å². The van der Waals surface area contributed by atoms with E-state index in [0.717, 1.165) is 64.6 Å². The number of benzene rings is 3. The standard InChI is InChI=1S/C45H48F2N6O7S/c46-45(47)20-18-30(19-21-45)52-25-33(27-9-7-10-28(23-27)41(48)61)31-15-14-29(24-35(31)52)50-37(54)13-5-3-1-2-4-6-22-49-39(56)26-60-36-12-8-11-32-40(36)44(59)53(43(32)58)34-16-17-38(55)51-42(34)57/h7-12,14-15,23-25,30,34H,1-6,13,16-22,26H2,(H2,48,61)(H,49,56)(H,50,54)(H,51,55,57). The molecule has 0 spiro atoms. The third-order valence-electron chi connectivity index (χ3n) is 11.6. The second-order valence-corrected chi connectivity index (χ2v) is 16.3. The molecule has 4 aromatic rings. The van der Waals surface area contributed by atoms with Crippen LogP contribution in [0.1, 0.15) is 116 Å². The van der Waals surface area contributed by atoms with E-state index in [1.54, 1.807) is 0 Å². The van der Waals surface area contributed by atoms with Crippen molar-refractivity contribution in [1.82, 2.24) is 20.1 Å². The Morgan fingerprint density at radius 3 is 2.36 bits per heavy atom. The van der Waals surface area contributed by atoms with Gasteiger partial charge in [-0.05, 0) is 68.0 Å². The molecule has 3 aromatic carbocycles. The first-order chi connectivity index (χ1) is 29.3. The SMILES string of the molecule is NC(=S)c1cccc(-c2cn(C3CCC(F)(F)CC3)c3cc(NC(=O)CCCCCCCCNC(=O)COc4cccc5c4C(=O)N(C4CCC(=O)NC4=O)C5=O)ccc23)c1. The summed E-state index contributed by atoms with van der Waals surface area (Å²) in [5.41, 5.74) is 10.0. The topological polar surface area (TPSA) is 182 Å². The minimum absolute atomic E-state index is 0.00655. The number of unbranched alkanes of at least 4 members (excludes halogenated alkanes) is 5. The monoisotopic (exact) mass is 854 g/mol. The lowest BCUT2D eigenvalue weighted by atomic mass is 9.92. The summed E-state index contributed by atoms with van der Waals surface area (Å²) < 4.78 is 35.9. The number of thiocarbonyl (C=S) groups is 1. The molecule has 0 radical (unpaired) electrons. The van der Waals surface area contributed by atoms with Crippen molar-refractivity contribution < 1.29 is 42.3 Å². The van der Waals surface area contributed by atoms with Crippen molar-refractivity contribution >= 4 is 69.2 Å². The van der Waals surface area contributed by atoms with E-state index in [2.05, 4.69) is 20.5 Å². The van der Waals surface area contributed by atoms with Crippen molar-refractivity contribution in [2.24, 2.45) is 5.73 Å². The number of carbonyl (C=O) groups is 6. The Balaban J connectivity index is 0.824. The van der Waals surface area contributed by atoms with Crippen LogP contribution in [0.4, 0.5) is 14.5 Å². The molecule has 3 aliphatic rings. The molecule has 1 unspecified atom stereocenters. The molecule has 7 rings (SSSR count). The normalized spacial score (nSPS) is 17.6. The number of hydrogen-bond donors (Lipinski definition) is 4. The molecule has 13 nitrogen and oxygen atoms in total. The summed E-state index contributed by atoms with van der Waals surface area (Å²) >= 11 is 5.20. The van der Waals surface area contributed by atoms with Gasteiger partial charge in [-0.3, -0.25) is 39.0 Å². The summed E-state index contributed by atoms with van der Waals surface area (Å²) in [5, 5.41) is 8.92. The van der Waals surface area contributed by atoms with Gasteiger partial charge in [0.25, 0.3) is 17.7 Å². The van der Waals surface area contributed by atoms with E-state index in [1.807, 2.05) is 48.7 Å². The fourth-order valence-corrected chi connectivity index (χ4v) is 8.50. The van der Waals surface area contributed by atoms with Crippen molar-refractivity contribution in [3.05, 3.63) is 83.6 Å². The van der Waals surface area contributed by atoms with Crippen LogP contribution in [0.3, 0.4) is 0 Å². The molecule has 1 atom stereocenters. The van der Waals surface area contributed by atoms with Crippen LogP contribution in [0, 0.1) is 0 Å². The first-order valence-corrected chi connectivity index (χ1v) is 21.2. The van der Waals surface area contributed by atoms with Gasteiger partial charge in [0.1, 0.15) is 16.8 Å². The van der Waals surface area contributed by atoms with E-state index >= 15 is 0 Å². The molecule has 61 heavy (non-hydrogen) atoms. The van der Waals surface area contributed by atoms with Gasteiger partial charge in [0.05, 0.1) is 16.6 Å². The quantitative estimate of drug-likeness (QED) is 0.0496. The summed E-state index contributed by atoms with van der Waals surface area (Å²) in [4.78, 5) is 76.8. The van der Waals surface area contributed by atoms with Gasteiger partial charge in [0, 0.05) is 66.7 Å². The van der Waals surface area contributed by atoms with E-state index < -0.39 is 41.5 Å². The van der Waals surface area contributed by atoms with Crippen LogP contribution in [0.15, 0.2) is 66.9 Å². The van der Waals surface area contributed by atoms with Gasteiger partial charge in [0.2, 0.25) is 23.6 Å². The number of imide groups is 2. The Morgan fingerprint density at radius 2 is 1.61 bits per heavy atom. The molecule has 1 saturated heterocycles. The fraction of sp³-hybridized carbons (Fsp3) is 0.400. The molecule has 6 amide bonds. The lowest BCUT2D eigenvalue weighted by molar-refractivity contribution is -0.136. The minimum atomic E-state index is -2.66. The highest BCUT2D eigenvalue weighted by Crippen LogP contribution is 2.42.